The van der Waals surface area contributed by atoms with Crippen LogP contribution in [0.1, 0.15) is 18.4 Å². The molecule has 4 amide bonds. The standard InChI is InChI=1S/C29H32ClFN6O4S/c1-36(27(39)34-17-21-7-4-8-22(31)26(21)30)29(10-9-25(38)37-13-11-32-12-14-37)23(42-29)18-41-28(40)35-24-15-19-5-2-3-6-20(19)16-33-24/h2-8,15-16,23,32H,9-14,17-18H2,1H3,(H,34,39)(H,33,35,40)/t23?,29-/m0/s1. The number of hydrogen-bond acceptors (Lipinski definition) is 7. The van der Waals surface area contributed by atoms with Gasteiger partial charge < -0.3 is 25.2 Å². The van der Waals surface area contributed by atoms with Crippen LogP contribution in [-0.2, 0) is 16.1 Å². The van der Waals surface area contributed by atoms with Gasteiger partial charge in [-0.15, -0.1) is 11.8 Å². The minimum atomic E-state index is -0.763. The van der Waals surface area contributed by atoms with Gasteiger partial charge in [0.25, 0.3) is 0 Å². The summed E-state index contributed by atoms with van der Waals surface area (Å²) in [5.74, 6) is -0.183. The number of hydrogen-bond donors (Lipinski definition) is 3. The van der Waals surface area contributed by atoms with Crippen LogP contribution in [0.4, 0.5) is 19.8 Å². The second kappa shape index (κ2) is 13.1. The average Bonchev–Trinajstić information content (AvgIpc) is 3.73. The molecule has 2 aliphatic heterocycles. The molecule has 5 rings (SSSR count). The maximum Gasteiger partial charge on any atom is 0.412 e. The van der Waals surface area contributed by atoms with Gasteiger partial charge in [-0.3, -0.25) is 10.1 Å². The molecule has 2 fully saturated rings. The molecule has 2 aliphatic rings. The molecule has 0 bridgehead atoms. The molecule has 42 heavy (non-hydrogen) atoms. The first kappa shape index (κ1) is 29.9. The summed E-state index contributed by atoms with van der Waals surface area (Å²) in [7, 11) is 1.64. The molecule has 13 heteroatoms. The number of piperazine rings is 1. The summed E-state index contributed by atoms with van der Waals surface area (Å²) in [6.45, 7) is 2.82. The van der Waals surface area contributed by atoms with Crippen molar-refractivity contribution in [3.05, 3.63) is 71.1 Å². The maximum atomic E-state index is 13.9. The lowest BCUT2D eigenvalue weighted by atomic mass is 10.1. The molecule has 3 N–H and O–H groups in total. The molecule has 10 nitrogen and oxygen atoms in total. The van der Waals surface area contributed by atoms with Crippen molar-refractivity contribution in [2.24, 2.45) is 0 Å². The fourth-order valence-corrected chi connectivity index (χ4v) is 6.57. The minimum absolute atomic E-state index is 0.0171. The Hall–Kier alpha value is -3.61. The zero-order valence-electron chi connectivity index (χ0n) is 23.1. The van der Waals surface area contributed by atoms with Gasteiger partial charge in [-0.05, 0) is 29.5 Å². The Morgan fingerprint density at radius 2 is 1.95 bits per heavy atom. The summed E-state index contributed by atoms with van der Waals surface area (Å²) < 4.78 is 19.4. The summed E-state index contributed by atoms with van der Waals surface area (Å²) >= 11 is 7.51. The van der Waals surface area contributed by atoms with E-state index in [0.29, 0.717) is 30.9 Å². The summed E-state index contributed by atoms with van der Waals surface area (Å²) in [4.78, 5) is 45.6. The summed E-state index contributed by atoms with van der Waals surface area (Å²) in [6, 6.07) is 13.4. The normalized spacial score (nSPS) is 19.7. The smallest absolute Gasteiger partial charge is 0.412 e. The third kappa shape index (κ3) is 6.88. The van der Waals surface area contributed by atoms with E-state index in [0.717, 1.165) is 23.9 Å². The lowest BCUT2D eigenvalue weighted by molar-refractivity contribution is -0.132. The number of aromatic nitrogens is 1. The molecular weight excluding hydrogens is 583 g/mol. The number of rotatable bonds is 9. The van der Waals surface area contributed by atoms with E-state index in [4.69, 9.17) is 16.3 Å². The van der Waals surface area contributed by atoms with E-state index in [2.05, 4.69) is 20.9 Å². The van der Waals surface area contributed by atoms with E-state index < -0.39 is 22.8 Å². The molecule has 1 aromatic heterocycles. The molecule has 0 aliphatic carbocycles. The molecule has 2 atom stereocenters. The summed E-state index contributed by atoms with van der Waals surface area (Å²) in [6.07, 6.45) is 1.63. The quantitative estimate of drug-likeness (QED) is 0.305. The number of anilines is 1. The van der Waals surface area contributed by atoms with Crippen molar-refractivity contribution in [2.75, 3.05) is 45.2 Å². The van der Waals surface area contributed by atoms with Gasteiger partial charge in [0.2, 0.25) is 5.91 Å². The first-order valence-corrected chi connectivity index (χ1v) is 14.9. The predicted molar refractivity (Wildman–Crippen MR) is 161 cm³/mol. The van der Waals surface area contributed by atoms with Crippen molar-refractivity contribution in [2.45, 2.75) is 29.5 Å². The Labute approximate surface area is 252 Å². The van der Waals surface area contributed by atoms with E-state index in [1.54, 1.807) is 25.4 Å². The van der Waals surface area contributed by atoms with Gasteiger partial charge in [-0.25, -0.2) is 19.0 Å². The lowest BCUT2D eigenvalue weighted by Crippen LogP contribution is -2.49. The number of nitrogens with one attached hydrogen (secondary N) is 3. The third-order valence-electron chi connectivity index (χ3n) is 7.52. The van der Waals surface area contributed by atoms with Crippen molar-refractivity contribution in [3.8, 4) is 0 Å². The van der Waals surface area contributed by atoms with Crippen molar-refractivity contribution in [1.82, 2.24) is 25.4 Å². The fraction of sp³-hybridized carbons (Fsp3) is 0.379. The number of benzene rings is 2. The van der Waals surface area contributed by atoms with Crippen LogP contribution in [0.5, 0.6) is 0 Å². The highest BCUT2D eigenvalue weighted by molar-refractivity contribution is 8.08. The van der Waals surface area contributed by atoms with Crippen molar-refractivity contribution >= 4 is 58.0 Å². The van der Waals surface area contributed by atoms with Crippen LogP contribution in [0.25, 0.3) is 10.8 Å². The van der Waals surface area contributed by atoms with E-state index in [1.807, 2.05) is 29.2 Å². The maximum absolute atomic E-state index is 13.9. The molecule has 0 spiro atoms. The van der Waals surface area contributed by atoms with E-state index in [1.165, 1.54) is 28.8 Å². The lowest BCUT2D eigenvalue weighted by Gasteiger charge is -2.31. The van der Waals surface area contributed by atoms with Crippen LogP contribution >= 0.6 is 23.4 Å². The highest BCUT2D eigenvalue weighted by Gasteiger charge is 2.60. The number of carbonyl (C=O) groups is 3. The third-order valence-corrected chi connectivity index (χ3v) is 9.67. The second-order valence-electron chi connectivity index (χ2n) is 10.2. The molecule has 1 unspecified atom stereocenters. The number of fused-ring (bicyclic) bond motifs is 1. The van der Waals surface area contributed by atoms with Crippen LogP contribution in [-0.4, -0.2) is 82.8 Å². The molecule has 222 valence electrons. The number of pyridine rings is 1. The Kier molecular flexibility index (Phi) is 9.34. The SMILES string of the molecule is CN(C(=O)NCc1cccc(F)c1Cl)[C@@]1(CCC(=O)N2CCNCC2)SC1COC(=O)Nc1cc2ccccc2cn1. The molecule has 0 saturated carbocycles. The molecule has 2 saturated heterocycles. The molecular formula is C29H32ClFN6O4S. The van der Waals surface area contributed by atoms with Crippen LogP contribution in [0.2, 0.25) is 5.02 Å². The zero-order chi connectivity index (χ0) is 29.7. The Balaban J connectivity index is 1.21. The second-order valence-corrected chi connectivity index (χ2v) is 12.0. The number of urea groups is 1. The van der Waals surface area contributed by atoms with Gasteiger partial charge in [0.05, 0.1) is 10.3 Å². The van der Waals surface area contributed by atoms with Crippen molar-refractivity contribution in [1.29, 1.82) is 0 Å². The summed E-state index contributed by atoms with van der Waals surface area (Å²) in [5.41, 5.74) is 0.448. The number of ether oxygens (including phenoxy) is 1. The van der Waals surface area contributed by atoms with Crippen LogP contribution in [0, 0.1) is 5.82 Å². The van der Waals surface area contributed by atoms with Gasteiger partial charge in [0, 0.05) is 57.8 Å². The van der Waals surface area contributed by atoms with Crippen LogP contribution < -0.4 is 16.0 Å². The summed E-state index contributed by atoms with van der Waals surface area (Å²) in [5, 5.41) is 10.3. The number of amides is 4. The number of nitrogens with zero attached hydrogens (tertiary/aromatic N) is 3. The van der Waals surface area contributed by atoms with Crippen molar-refractivity contribution < 1.29 is 23.5 Å². The molecule has 3 heterocycles. The average molecular weight is 615 g/mol. The highest BCUT2D eigenvalue weighted by atomic mass is 35.5. The molecule has 0 radical (unpaired) electrons. The number of halogens is 2. The zero-order valence-corrected chi connectivity index (χ0v) is 24.6. The number of carbonyl (C=O) groups excluding carboxylic acids is 3. The van der Waals surface area contributed by atoms with Gasteiger partial charge in [0.15, 0.2) is 0 Å². The Morgan fingerprint density at radius 1 is 1.19 bits per heavy atom. The van der Waals surface area contributed by atoms with E-state index in [-0.39, 0.29) is 35.8 Å². The van der Waals surface area contributed by atoms with Gasteiger partial charge in [0.1, 0.15) is 23.1 Å². The van der Waals surface area contributed by atoms with Crippen LogP contribution in [0.3, 0.4) is 0 Å². The van der Waals surface area contributed by atoms with E-state index >= 15 is 0 Å². The Bertz CT molecular complexity index is 1480. The first-order chi connectivity index (χ1) is 20.3. The minimum Gasteiger partial charge on any atom is -0.448 e. The van der Waals surface area contributed by atoms with Crippen LogP contribution in [0.15, 0.2) is 54.7 Å². The Morgan fingerprint density at radius 3 is 2.74 bits per heavy atom. The first-order valence-electron chi connectivity index (χ1n) is 13.7. The highest BCUT2D eigenvalue weighted by Crippen LogP contribution is 2.58. The monoisotopic (exact) mass is 614 g/mol. The molecule has 3 aromatic rings. The van der Waals surface area contributed by atoms with Gasteiger partial charge in [-0.2, -0.15) is 0 Å². The van der Waals surface area contributed by atoms with E-state index in [9.17, 15) is 18.8 Å². The van der Waals surface area contributed by atoms with Gasteiger partial charge >= 0.3 is 12.1 Å². The van der Waals surface area contributed by atoms with Crippen molar-refractivity contribution in [3.63, 3.8) is 0 Å². The predicted octanol–water partition coefficient (Wildman–Crippen LogP) is 4.44. The fourth-order valence-electron chi connectivity index (χ4n) is 5.01. The number of thioether (sulfide) groups is 1. The van der Waals surface area contributed by atoms with Gasteiger partial charge in [-0.1, -0.05) is 48.0 Å². The topological polar surface area (TPSA) is 116 Å². The molecule has 2 aromatic carbocycles. The largest absolute Gasteiger partial charge is 0.448 e.